The van der Waals surface area contributed by atoms with Crippen molar-refractivity contribution in [2.75, 3.05) is 13.1 Å². The van der Waals surface area contributed by atoms with Gasteiger partial charge in [-0.15, -0.1) is 0 Å². The zero-order valence-electron chi connectivity index (χ0n) is 12.6. The first-order chi connectivity index (χ1) is 10.1. The molecule has 0 spiro atoms. The van der Waals surface area contributed by atoms with Gasteiger partial charge in [-0.1, -0.05) is 12.8 Å². The molecule has 1 heterocycles. The normalized spacial score (nSPS) is 32.3. The zero-order valence-corrected chi connectivity index (χ0v) is 12.6. The Balaban J connectivity index is 1.60. The van der Waals surface area contributed by atoms with E-state index in [-0.39, 0.29) is 18.5 Å². The van der Waals surface area contributed by atoms with Gasteiger partial charge in [0.05, 0.1) is 6.04 Å². The number of carboxylic acid groups (broad SMARTS) is 1. The van der Waals surface area contributed by atoms with Crippen molar-refractivity contribution in [1.82, 2.24) is 10.2 Å². The highest BCUT2D eigenvalue weighted by Gasteiger charge is 2.37. The molecule has 3 atom stereocenters. The summed E-state index contributed by atoms with van der Waals surface area (Å²) in [4.78, 5) is 25.3. The number of carbonyl (C=O) groups is 2. The number of aliphatic carboxylic acids is 1. The van der Waals surface area contributed by atoms with E-state index in [1.54, 1.807) is 4.90 Å². The average Bonchev–Trinajstić information content (AvgIpc) is 3.29. The number of rotatable bonds is 5. The van der Waals surface area contributed by atoms with E-state index < -0.39 is 5.97 Å². The number of carbonyl (C=O) groups excluding carboxylic acids is 1. The number of fused-ring (bicyclic) bond motifs is 1. The molecule has 5 nitrogen and oxygen atoms in total. The molecule has 5 heteroatoms. The Labute approximate surface area is 126 Å². The third kappa shape index (κ3) is 3.76. The van der Waals surface area contributed by atoms with Crippen molar-refractivity contribution in [2.45, 2.75) is 63.5 Å². The summed E-state index contributed by atoms with van der Waals surface area (Å²) >= 11 is 0. The molecule has 0 aromatic rings. The van der Waals surface area contributed by atoms with Gasteiger partial charge in [0.2, 0.25) is 5.91 Å². The van der Waals surface area contributed by atoms with Gasteiger partial charge in [0.25, 0.3) is 0 Å². The van der Waals surface area contributed by atoms with Gasteiger partial charge in [0.15, 0.2) is 0 Å². The molecule has 3 aliphatic rings. The maximum atomic E-state index is 12.7. The van der Waals surface area contributed by atoms with Crippen LogP contribution in [0.25, 0.3) is 0 Å². The second-order valence-corrected chi connectivity index (χ2v) is 7.00. The van der Waals surface area contributed by atoms with Crippen LogP contribution in [0.3, 0.4) is 0 Å². The summed E-state index contributed by atoms with van der Waals surface area (Å²) in [6.45, 7) is 0.471. The Morgan fingerprint density at radius 1 is 1.05 bits per heavy atom. The van der Waals surface area contributed by atoms with Gasteiger partial charge in [-0.25, -0.2) is 0 Å². The van der Waals surface area contributed by atoms with Crippen molar-refractivity contribution in [1.29, 1.82) is 0 Å². The number of nitrogens with zero attached hydrogens (tertiary/aromatic N) is 1. The van der Waals surface area contributed by atoms with Crippen LogP contribution in [0, 0.1) is 11.8 Å². The molecule has 0 aromatic carbocycles. The van der Waals surface area contributed by atoms with Crippen LogP contribution in [0.4, 0.5) is 0 Å². The third-order valence-electron chi connectivity index (χ3n) is 5.26. The maximum absolute atomic E-state index is 12.7. The minimum absolute atomic E-state index is 0.00771. The van der Waals surface area contributed by atoms with Gasteiger partial charge in [0.1, 0.15) is 6.54 Å². The molecule has 118 valence electrons. The molecule has 3 unspecified atom stereocenters. The van der Waals surface area contributed by atoms with Crippen molar-refractivity contribution in [3.05, 3.63) is 0 Å². The quantitative estimate of drug-likeness (QED) is 0.808. The molecule has 3 fully saturated rings. The Morgan fingerprint density at radius 2 is 1.81 bits per heavy atom. The third-order valence-corrected chi connectivity index (χ3v) is 5.26. The van der Waals surface area contributed by atoms with E-state index >= 15 is 0 Å². The van der Waals surface area contributed by atoms with Crippen molar-refractivity contribution >= 4 is 11.9 Å². The molecular weight excluding hydrogens is 268 g/mol. The second kappa shape index (κ2) is 6.34. The molecule has 21 heavy (non-hydrogen) atoms. The van der Waals surface area contributed by atoms with E-state index in [2.05, 4.69) is 5.32 Å². The highest BCUT2D eigenvalue weighted by Crippen LogP contribution is 2.33. The fraction of sp³-hybridized carbons (Fsp3) is 0.875. The molecule has 3 rings (SSSR count). The lowest BCUT2D eigenvalue weighted by atomic mass is 9.77. The molecule has 1 aliphatic heterocycles. The lowest BCUT2D eigenvalue weighted by Gasteiger charge is -2.41. The Hall–Kier alpha value is -1.10. The molecule has 0 aromatic heterocycles. The minimum atomic E-state index is -0.907. The monoisotopic (exact) mass is 294 g/mol. The summed E-state index contributed by atoms with van der Waals surface area (Å²) in [5.74, 6) is 0.349. The highest BCUT2D eigenvalue weighted by atomic mass is 16.4. The molecule has 0 bridgehead atoms. The van der Waals surface area contributed by atoms with Gasteiger partial charge in [-0.05, 0) is 50.4 Å². The van der Waals surface area contributed by atoms with Crippen LogP contribution in [0.15, 0.2) is 0 Å². The van der Waals surface area contributed by atoms with Crippen LogP contribution < -0.4 is 5.32 Å². The van der Waals surface area contributed by atoms with Crippen molar-refractivity contribution in [3.63, 3.8) is 0 Å². The van der Waals surface area contributed by atoms with Crippen LogP contribution in [0.5, 0.6) is 0 Å². The Kier molecular flexibility index (Phi) is 4.48. The summed E-state index contributed by atoms with van der Waals surface area (Å²) in [7, 11) is 0. The molecule has 2 N–H and O–H groups in total. The number of hydrogen-bond donors (Lipinski definition) is 2. The van der Waals surface area contributed by atoms with E-state index in [0.717, 1.165) is 38.0 Å². The largest absolute Gasteiger partial charge is 0.480 e. The fourth-order valence-corrected chi connectivity index (χ4v) is 3.92. The Morgan fingerprint density at radius 3 is 2.52 bits per heavy atom. The predicted molar refractivity (Wildman–Crippen MR) is 78.8 cm³/mol. The smallest absolute Gasteiger partial charge is 0.323 e. The van der Waals surface area contributed by atoms with E-state index in [9.17, 15) is 9.59 Å². The number of nitrogens with one attached hydrogen (secondary N) is 1. The number of amides is 1. The zero-order chi connectivity index (χ0) is 14.8. The Bertz CT molecular complexity index is 408. The van der Waals surface area contributed by atoms with Crippen LogP contribution >= 0.6 is 0 Å². The summed E-state index contributed by atoms with van der Waals surface area (Å²) in [6.07, 6.45) is 9.23. The SMILES string of the molecule is O=C(O)CN(CC1CC1)C(=O)C1CCC2CCCCC2N1. The summed E-state index contributed by atoms with van der Waals surface area (Å²) < 4.78 is 0. The van der Waals surface area contributed by atoms with E-state index in [4.69, 9.17) is 5.11 Å². The van der Waals surface area contributed by atoms with Gasteiger partial charge < -0.3 is 15.3 Å². The lowest BCUT2D eigenvalue weighted by molar-refractivity contribution is -0.146. The van der Waals surface area contributed by atoms with Crippen LogP contribution in [-0.4, -0.2) is 47.1 Å². The lowest BCUT2D eigenvalue weighted by Crippen LogP contribution is -2.56. The molecule has 1 amide bonds. The number of carboxylic acids is 1. The van der Waals surface area contributed by atoms with E-state index in [0.29, 0.717) is 18.5 Å². The second-order valence-electron chi connectivity index (χ2n) is 7.00. The molecule has 0 radical (unpaired) electrons. The topological polar surface area (TPSA) is 69.6 Å². The maximum Gasteiger partial charge on any atom is 0.323 e. The van der Waals surface area contributed by atoms with Gasteiger partial charge in [-0.3, -0.25) is 9.59 Å². The standard InChI is InChI=1S/C16H26N2O3/c19-15(20)10-18(9-11-5-6-11)16(21)14-8-7-12-3-1-2-4-13(12)17-14/h11-14,17H,1-10H2,(H,19,20). The number of hydrogen-bond acceptors (Lipinski definition) is 3. The van der Waals surface area contributed by atoms with Crippen LogP contribution in [-0.2, 0) is 9.59 Å². The highest BCUT2D eigenvalue weighted by molar-refractivity contribution is 5.85. The average molecular weight is 294 g/mol. The van der Waals surface area contributed by atoms with Crippen molar-refractivity contribution in [2.24, 2.45) is 11.8 Å². The molecule has 1 saturated heterocycles. The van der Waals surface area contributed by atoms with E-state index in [1.165, 1.54) is 19.3 Å². The van der Waals surface area contributed by atoms with Crippen molar-refractivity contribution in [3.8, 4) is 0 Å². The molecule has 2 aliphatic carbocycles. The summed E-state index contributed by atoms with van der Waals surface area (Å²) in [5, 5.41) is 12.6. The van der Waals surface area contributed by atoms with Gasteiger partial charge in [-0.2, -0.15) is 0 Å². The van der Waals surface area contributed by atoms with Gasteiger partial charge in [0, 0.05) is 12.6 Å². The first-order valence-corrected chi connectivity index (χ1v) is 8.40. The van der Waals surface area contributed by atoms with E-state index in [1.807, 2.05) is 0 Å². The first kappa shape index (κ1) is 14.8. The number of piperidine rings is 1. The first-order valence-electron chi connectivity index (χ1n) is 8.40. The molecule has 2 saturated carbocycles. The fourth-order valence-electron chi connectivity index (χ4n) is 3.92. The molecular formula is C16H26N2O3. The minimum Gasteiger partial charge on any atom is -0.480 e. The summed E-state index contributed by atoms with van der Waals surface area (Å²) in [6, 6.07) is 0.302. The summed E-state index contributed by atoms with van der Waals surface area (Å²) in [5.41, 5.74) is 0. The van der Waals surface area contributed by atoms with Crippen LogP contribution in [0.2, 0.25) is 0 Å². The van der Waals surface area contributed by atoms with Crippen molar-refractivity contribution < 1.29 is 14.7 Å². The predicted octanol–water partition coefficient (Wildman–Crippen LogP) is 1.62. The van der Waals surface area contributed by atoms with Gasteiger partial charge >= 0.3 is 5.97 Å². The van der Waals surface area contributed by atoms with Crippen LogP contribution in [0.1, 0.15) is 51.4 Å².